The molecule has 0 aliphatic carbocycles. The number of rotatable bonds is 7. The van der Waals surface area contributed by atoms with E-state index in [1.54, 1.807) is 24.3 Å². The number of halogens is 5. The van der Waals surface area contributed by atoms with Gasteiger partial charge in [0.15, 0.2) is 29.1 Å². The Hall–Kier alpha value is -3.80. The monoisotopic (exact) mass is 511 g/mol. The number of nitrogens with one attached hydrogen (secondary N) is 1. The van der Waals surface area contributed by atoms with Crippen LogP contribution in [-0.4, -0.2) is 66.4 Å². The minimum atomic E-state index is -2.33. The van der Waals surface area contributed by atoms with Gasteiger partial charge in [-0.25, -0.2) is 22.0 Å². The van der Waals surface area contributed by atoms with E-state index < -0.39 is 59.1 Å². The van der Waals surface area contributed by atoms with Crippen molar-refractivity contribution < 1.29 is 41.4 Å². The Morgan fingerprint density at radius 1 is 0.917 bits per heavy atom. The zero-order valence-corrected chi connectivity index (χ0v) is 19.0. The molecule has 1 heterocycles. The fraction of sp³-hybridized carbons (Fsp3) is 0.292. The van der Waals surface area contributed by atoms with E-state index in [2.05, 4.69) is 5.32 Å². The number of amides is 2. The second-order valence-electron chi connectivity index (χ2n) is 7.98. The van der Waals surface area contributed by atoms with Crippen LogP contribution in [0.25, 0.3) is 6.08 Å². The third-order valence-electron chi connectivity index (χ3n) is 5.67. The molecule has 2 N–H and O–H groups in total. The molecule has 0 saturated carbocycles. The van der Waals surface area contributed by atoms with E-state index >= 15 is 0 Å². The van der Waals surface area contributed by atoms with Crippen LogP contribution in [0.4, 0.5) is 27.6 Å². The molecule has 2 aromatic carbocycles. The molecule has 3 rings (SSSR count). The van der Waals surface area contributed by atoms with Crippen molar-refractivity contribution in [1.29, 1.82) is 0 Å². The van der Waals surface area contributed by atoms with E-state index in [4.69, 9.17) is 0 Å². The van der Waals surface area contributed by atoms with Gasteiger partial charge < -0.3 is 20.2 Å². The van der Waals surface area contributed by atoms with Crippen molar-refractivity contribution in [1.82, 2.24) is 10.2 Å². The zero-order valence-electron chi connectivity index (χ0n) is 19.0. The first-order chi connectivity index (χ1) is 17.0. The second-order valence-corrected chi connectivity index (χ2v) is 7.98. The molecule has 1 aliphatic heterocycles. The summed E-state index contributed by atoms with van der Waals surface area (Å²) in [5.41, 5.74) is 0.113. The quantitative estimate of drug-likeness (QED) is 0.196. The van der Waals surface area contributed by atoms with Gasteiger partial charge in [0.25, 0.3) is 0 Å². The Morgan fingerprint density at radius 3 is 1.94 bits per heavy atom. The van der Waals surface area contributed by atoms with Gasteiger partial charge in [-0.05, 0) is 37.3 Å². The average molecular weight is 511 g/mol. The number of aliphatic hydroxyl groups is 1. The number of carbonyl (C=O) groups is 3. The normalized spacial score (nSPS) is 14.8. The molecule has 0 spiro atoms. The summed E-state index contributed by atoms with van der Waals surface area (Å²) < 4.78 is 67.2. The Morgan fingerprint density at radius 2 is 1.44 bits per heavy atom. The summed E-state index contributed by atoms with van der Waals surface area (Å²) in [5.74, 6) is -12.6. The van der Waals surface area contributed by atoms with Crippen LogP contribution in [0, 0.1) is 29.1 Å². The molecule has 2 amide bonds. The topological polar surface area (TPSA) is 90.0 Å². The summed E-state index contributed by atoms with van der Waals surface area (Å²) in [4.78, 5) is 39.7. The second kappa shape index (κ2) is 11.3. The van der Waals surface area contributed by atoms with Gasteiger partial charge in [0.2, 0.25) is 17.6 Å². The number of hydrogen-bond donors (Lipinski definition) is 2. The fourth-order valence-corrected chi connectivity index (χ4v) is 3.64. The minimum absolute atomic E-state index is 0.0591. The summed E-state index contributed by atoms with van der Waals surface area (Å²) >= 11 is 0. The molecular weight excluding hydrogens is 489 g/mol. The number of carbonyl (C=O) groups excluding carboxylic acids is 3. The highest BCUT2D eigenvalue weighted by Crippen LogP contribution is 2.24. The molecule has 0 radical (unpaired) electrons. The first-order valence-corrected chi connectivity index (χ1v) is 10.8. The van der Waals surface area contributed by atoms with Gasteiger partial charge in [0, 0.05) is 43.5 Å². The molecule has 1 aliphatic rings. The molecule has 1 atom stereocenters. The molecule has 7 nitrogen and oxygen atoms in total. The third kappa shape index (κ3) is 5.70. The van der Waals surface area contributed by atoms with E-state index in [-0.39, 0.29) is 18.9 Å². The Kier molecular flexibility index (Phi) is 8.41. The minimum Gasteiger partial charge on any atom is -0.394 e. The lowest BCUT2D eigenvalue weighted by molar-refractivity contribution is -0.137. The number of hydrogen-bond acceptors (Lipinski definition) is 5. The van der Waals surface area contributed by atoms with Crippen LogP contribution in [0.1, 0.15) is 22.8 Å². The van der Waals surface area contributed by atoms with Crippen molar-refractivity contribution in [3.05, 3.63) is 70.6 Å². The number of Topliss-reactive ketones (excluding diaryl/α,β-unsaturated/α-hetero) is 1. The first kappa shape index (κ1) is 26.8. The van der Waals surface area contributed by atoms with Crippen LogP contribution in [0.15, 0.2) is 30.3 Å². The van der Waals surface area contributed by atoms with Gasteiger partial charge in [-0.2, -0.15) is 0 Å². The Bertz CT molecular complexity index is 1170. The molecule has 1 fully saturated rings. The van der Waals surface area contributed by atoms with E-state index in [0.717, 1.165) is 5.69 Å². The number of piperazine rings is 1. The molecule has 192 valence electrons. The van der Waals surface area contributed by atoms with E-state index in [9.17, 15) is 41.4 Å². The maximum Gasteiger partial charge on any atom is 0.247 e. The molecule has 12 heteroatoms. The average Bonchev–Trinajstić information content (AvgIpc) is 2.89. The van der Waals surface area contributed by atoms with E-state index in [1.807, 2.05) is 4.90 Å². The van der Waals surface area contributed by atoms with Crippen molar-refractivity contribution in [2.45, 2.75) is 13.0 Å². The third-order valence-corrected chi connectivity index (χ3v) is 5.67. The Balaban J connectivity index is 1.60. The van der Waals surface area contributed by atoms with Crippen LogP contribution in [-0.2, 0) is 9.59 Å². The van der Waals surface area contributed by atoms with Gasteiger partial charge in [-0.15, -0.1) is 0 Å². The van der Waals surface area contributed by atoms with Crippen molar-refractivity contribution >= 4 is 29.4 Å². The molecule has 0 bridgehead atoms. The van der Waals surface area contributed by atoms with E-state index in [1.165, 1.54) is 11.8 Å². The number of anilines is 1. The van der Waals surface area contributed by atoms with E-state index in [0.29, 0.717) is 30.8 Å². The highest BCUT2D eigenvalue weighted by atomic mass is 19.2. The maximum absolute atomic E-state index is 13.7. The molecule has 1 saturated heterocycles. The first-order valence-electron chi connectivity index (χ1n) is 10.8. The number of ketones is 1. The lowest BCUT2D eigenvalue weighted by Gasteiger charge is -2.37. The van der Waals surface area contributed by atoms with Crippen molar-refractivity contribution in [3.8, 4) is 0 Å². The smallest absolute Gasteiger partial charge is 0.247 e. The van der Waals surface area contributed by atoms with Crippen LogP contribution >= 0.6 is 0 Å². The lowest BCUT2D eigenvalue weighted by atomic mass is 10.1. The van der Waals surface area contributed by atoms with Gasteiger partial charge in [-0.1, -0.05) is 0 Å². The largest absolute Gasteiger partial charge is 0.394 e. The highest BCUT2D eigenvalue weighted by molar-refractivity contribution is 5.96. The van der Waals surface area contributed by atoms with Crippen molar-refractivity contribution in [2.75, 3.05) is 37.7 Å². The molecule has 0 aromatic heterocycles. The lowest BCUT2D eigenvalue weighted by Crippen LogP contribution is -2.56. The highest BCUT2D eigenvalue weighted by Gasteiger charge is 2.28. The van der Waals surface area contributed by atoms with Crippen molar-refractivity contribution in [2.24, 2.45) is 0 Å². The summed E-state index contributed by atoms with van der Waals surface area (Å²) in [6.07, 6.45) is 0.886. The van der Waals surface area contributed by atoms with Crippen molar-refractivity contribution in [3.63, 3.8) is 0 Å². The SMILES string of the molecule is CC(=O)c1ccc(N2CCN(C(=O)C(CO)NC(=O)C=Cc3c(F)c(F)c(F)c(F)c3F)CC2)cc1. The van der Waals surface area contributed by atoms with Gasteiger partial charge >= 0.3 is 0 Å². The van der Waals surface area contributed by atoms with Crippen LogP contribution in [0.2, 0.25) is 0 Å². The standard InChI is InChI=1S/C24H22F5N3O4/c1-13(34)14-2-4-15(5-3-14)31-8-10-32(11-9-31)24(36)17(12-33)30-18(35)7-6-16-19(25)21(27)23(29)22(28)20(16)26/h2-7,17,33H,8-12H2,1H3,(H,30,35). The van der Waals surface area contributed by atoms with Gasteiger partial charge in [-0.3, -0.25) is 14.4 Å². The predicted octanol–water partition coefficient (Wildman–Crippen LogP) is 2.42. The molecule has 1 unspecified atom stereocenters. The number of benzene rings is 2. The summed E-state index contributed by atoms with van der Waals surface area (Å²) in [6, 6.07) is 5.60. The predicted molar refractivity (Wildman–Crippen MR) is 120 cm³/mol. The summed E-state index contributed by atoms with van der Waals surface area (Å²) in [5, 5.41) is 11.7. The maximum atomic E-state index is 13.7. The number of aliphatic hydroxyl groups excluding tert-OH is 1. The summed E-state index contributed by atoms with van der Waals surface area (Å²) in [7, 11) is 0. The van der Waals surface area contributed by atoms with Gasteiger partial charge in [0.1, 0.15) is 6.04 Å². The van der Waals surface area contributed by atoms with Crippen LogP contribution < -0.4 is 10.2 Å². The molecule has 36 heavy (non-hydrogen) atoms. The zero-order chi connectivity index (χ0) is 26.6. The summed E-state index contributed by atoms with van der Waals surface area (Å²) in [6.45, 7) is 2.09. The Labute approximate surface area is 202 Å². The van der Waals surface area contributed by atoms with Crippen LogP contribution in [0.5, 0.6) is 0 Å². The number of nitrogens with zero attached hydrogens (tertiary/aromatic N) is 2. The fourth-order valence-electron chi connectivity index (χ4n) is 3.64. The molecular formula is C24H22F5N3O4. The van der Waals surface area contributed by atoms with Gasteiger partial charge in [0.05, 0.1) is 12.2 Å². The van der Waals surface area contributed by atoms with Crippen LogP contribution in [0.3, 0.4) is 0 Å². The molecule has 2 aromatic rings.